The number of nitro benzene ring substituents is 1. The van der Waals surface area contributed by atoms with Gasteiger partial charge in [-0.2, -0.15) is 0 Å². The van der Waals surface area contributed by atoms with Crippen LogP contribution in [0.15, 0.2) is 60.1 Å². The van der Waals surface area contributed by atoms with E-state index in [1.807, 2.05) is 41.1 Å². The summed E-state index contributed by atoms with van der Waals surface area (Å²) < 4.78 is 2.02. The third-order valence-electron chi connectivity index (χ3n) is 4.12. The van der Waals surface area contributed by atoms with Gasteiger partial charge >= 0.3 is 0 Å². The molecule has 2 heterocycles. The summed E-state index contributed by atoms with van der Waals surface area (Å²) in [6.07, 6.45) is 1.96. The second kappa shape index (κ2) is 6.65. The SMILES string of the molecule is Cc1csc2nc(-c3cccc(NC(=O)c4cccc([N+](=O)[O-])c4)c3)cn12. The number of non-ortho nitro benzene ring substituents is 1. The number of nitrogens with one attached hydrogen (secondary N) is 1. The molecular weight excluding hydrogens is 364 g/mol. The number of thiazole rings is 1. The molecule has 1 amide bonds. The molecule has 2 aromatic carbocycles. The second-order valence-electron chi connectivity index (χ2n) is 6.00. The quantitative estimate of drug-likeness (QED) is 0.417. The van der Waals surface area contributed by atoms with Gasteiger partial charge < -0.3 is 5.32 Å². The molecule has 0 fully saturated rings. The zero-order chi connectivity index (χ0) is 19.0. The van der Waals surface area contributed by atoms with Crippen molar-refractivity contribution in [2.24, 2.45) is 0 Å². The van der Waals surface area contributed by atoms with Crippen LogP contribution in [0.3, 0.4) is 0 Å². The summed E-state index contributed by atoms with van der Waals surface area (Å²) in [5.74, 6) is -0.405. The third kappa shape index (κ3) is 3.30. The first-order valence-electron chi connectivity index (χ1n) is 8.11. The molecule has 0 aliphatic rings. The van der Waals surface area contributed by atoms with Gasteiger partial charge in [0, 0.05) is 46.2 Å². The molecule has 8 heteroatoms. The zero-order valence-electron chi connectivity index (χ0n) is 14.2. The number of hydrogen-bond donors (Lipinski definition) is 1. The lowest BCUT2D eigenvalue weighted by molar-refractivity contribution is -0.384. The predicted octanol–water partition coefficient (Wildman–Crippen LogP) is 4.53. The minimum atomic E-state index is -0.524. The van der Waals surface area contributed by atoms with Crippen LogP contribution < -0.4 is 5.32 Å². The highest BCUT2D eigenvalue weighted by molar-refractivity contribution is 7.15. The van der Waals surface area contributed by atoms with Gasteiger partial charge in [-0.05, 0) is 25.1 Å². The van der Waals surface area contributed by atoms with Crippen LogP contribution in [-0.2, 0) is 0 Å². The van der Waals surface area contributed by atoms with Crippen molar-refractivity contribution in [2.45, 2.75) is 6.92 Å². The largest absolute Gasteiger partial charge is 0.322 e. The van der Waals surface area contributed by atoms with Crippen molar-refractivity contribution in [3.63, 3.8) is 0 Å². The highest BCUT2D eigenvalue weighted by atomic mass is 32.1. The predicted molar refractivity (Wildman–Crippen MR) is 104 cm³/mol. The number of aryl methyl sites for hydroxylation is 1. The number of nitrogens with zero attached hydrogens (tertiary/aromatic N) is 3. The van der Waals surface area contributed by atoms with E-state index in [1.165, 1.54) is 18.2 Å². The van der Waals surface area contributed by atoms with Crippen molar-refractivity contribution in [1.29, 1.82) is 0 Å². The number of benzene rings is 2. The molecule has 0 atom stereocenters. The number of amides is 1. The van der Waals surface area contributed by atoms with Crippen molar-refractivity contribution in [1.82, 2.24) is 9.38 Å². The van der Waals surface area contributed by atoms with Crippen LogP contribution in [0.1, 0.15) is 16.1 Å². The van der Waals surface area contributed by atoms with Gasteiger partial charge in [0.2, 0.25) is 0 Å². The molecule has 0 unspecified atom stereocenters. The number of rotatable bonds is 4. The van der Waals surface area contributed by atoms with E-state index in [4.69, 9.17) is 0 Å². The summed E-state index contributed by atoms with van der Waals surface area (Å²) >= 11 is 1.57. The Bertz CT molecular complexity index is 1180. The number of carbonyl (C=O) groups excluding carboxylic acids is 1. The standard InChI is InChI=1S/C19H14N4O3S/c1-12-11-27-19-21-17(10-22(12)19)13-4-2-6-15(8-13)20-18(24)14-5-3-7-16(9-14)23(25)26/h2-11H,1H3,(H,20,24). The molecular formula is C19H14N4O3S. The monoisotopic (exact) mass is 378 g/mol. The first-order chi connectivity index (χ1) is 13.0. The minimum absolute atomic E-state index is 0.121. The van der Waals surface area contributed by atoms with Crippen molar-refractivity contribution in [3.05, 3.63) is 81.5 Å². The number of imidazole rings is 1. The third-order valence-corrected chi connectivity index (χ3v) is 5.08. The summed E-state index contributed by atoms with van der Waals surface area (Å²) in [6, 6.07) is 13.0. The normalized spacial score (nSPS) is 10.9. The summed E-state index contributed by atoms with van der Waals surface area (Å²) in [5, 5.41) is 15.7. The van der Waals surface area contributed by atoms with Crippen LogP contribution in [0, 0.1) is 17.0 Å². The summed E-state index contributed by atoms with van der Waals surface area (Å²) in [5.41, 5.74) is 3.51. The van der Waals surface area contributed by atoms with Crippen LogP contribution in [0.4, 0.5) is 11.4 Å². The molecule has 0 radical (unpaired) electrons. The van der Waals surface area contributed by atoms with Crippen LogP contribution in [0.25, 0.3) is 16.2 Å². The highest BCUT2D eigenvalue weighted by Gasteiger charge is 2.13. The molecule has 134 valence electrons. The Morgan fingerprint density at radius 3 is 2.81 bits per heavy atom. The maximum absolute atomic E-state index is 12.4. The van der Waals surface area contributed by atoms with E-state index in [1.54, 1.807) is 23.5 Å². The fourth-order valence-corrected chi connectivity index (χ4v) is 3.60. The number of fused-ring (bicyclic) bond motifs is 1. The Morgan fingerprint density at radius 2 is 2.04 bits per heavy atom. The maximum atomic E-state index is 12.4. The van der Waals surface area contributed by atoms with E-state index in [-0.39, 0.29) is 11.3 Å². The van der Waals surface area contributed by atoms with Crippen LogP contribution in [-0.4, -0.2) is 20.2 Å². The lowest BCUT2D eigenvalue weighted by Gasteiger charge is -2.06. The first-order valence-corrected chi connectivity index (χ1v) is 8.99. The molecule has 7 nitrogen and oxygen atoms in total. The summed E-state index contributed by atoms with van der Waals surface area (Å²) in [7, 11) is 0. The Labute approximate surface area is 158 Å². The Balaban J connectivity index is 1.60. The van der Waals surface area contributed by atoms with Gasteiger partial charge in [-0.25, -0.2) is 4.98 Å². The molecule has 4 aromatic rings. The molecule has 2 aromatic heterocycles. The van der Waals surface area contributed by atoms with E-state index in [2.05, 4.69) is 10.3 Å². The Hall–Kier alpha value is -3.52. The first kappa shape index (κ1) is 16.9. The fraction of sp³-hybridized carbons (Fsp3) is 0.0526. The number of aromatic nitrogens is 2. The molecule has 4 rings (SSSR count). The lowest BCUT2D eigenvalue weighted by atomic mass is 10.1. The summed E-state index contributed by atoms with van der Waals surface area (Å²) in [4.78, 5) is 28.3. The molecule has 0 spiro atoms. The van der Waals surface area contributed by atoms with E-state index in [9.17, 15) is 14.9 Å². The average molecular weight is 378 g/mol. The molecule has 0 aliphatic carbocycles. The van der Waals surface area contributed by atoms with Gasteiger partial charge in [0.05, 0.1) is 10.6 Å². The second-order valence-corrected chi connectivity index (χ2v) is 6.83. The molecule has 1 N–H and O–H groups in total. The molecule has 0 aliphatic heterocycles. The maximum Gasteiger partial charge on any atom is 0.270 e. The number of hydrogen-bond acceptors (Lipinski definition) is 5. The van der Waals surface area contributed by atoms with E-state index >= 15 is 0 Å². The van der Waals surface area contributed by atoms with Crippen LogP contribution >= 0.6 is 11.3 Å². The van der Waals surface area contributed by atoms with Crippen LogP contribution in [0.2, 0.25) is 0 Å². The van der Waals surface area contributed by atoms with Crippen LogP contribution in [0.5, 0.6) is 0 Å². The molecule has 0 bridgehead atoms. The highest BCUT2D eigenvalue weighted by Crippen LogP contribution is 2.25. The molecule has 27 heavy (non-hydrogen) atoms. The molecule has 0 saturated heterocycles. The van der Waals surface area contributed by atoms with Crippen molar-refractivity contribution in [3.8, 4) is 11.3 Å². The van der Waals surface area contributed by atoms with E-state index < -0.39 is 10.8 Å². The summed E-state index contributed by atoms with van der Waals surface area (Å²) in [6.45, 7) is 2.02. The molecule has 0 saturated carbocycles. The van der Waals surface area contributed by atoms with Crippen molar-refractivity contribution >= 4 is 33.6 Å². The number of nitro groups is 1. The smallest absolute Gasteiger partial charge is 0.270 e. The Morgan fingerprint density at radius 1 is 1.22 bits per heavy atom. The Kier molecular flexibility index (Phi) is 4.17. The lowest BCUT2D eigenvalue weighted by Crippen LogP contribution is -2.12. The average Bonchev–Trinajstić information content (AvgIpc) is 3.24. The topological polar surface area (TPSA) is 89.5 Å². The van der Waals surface area contributed by atoms with Gasteiger partial charge in [-0.1, -0.05) is 18.2 Å². The zero-order valence-corrected chi connectivity index (χ0v) is 15.1. The van der Waals surface area contributed by atoms with E-state index in [0.29, 0.717) is 5.69 Å². The minimum Gasteiger partial charge on any atom is -0.322 e. The number of carbonyl (C=O) groups is 1. The van der Waals surface area contributed by atoms with E-state index in [0.717, 1.165) is 21.9 Å². The van der Waals surface area contributed by atoms with Gasteiger partial charge in [0.15, 0.2) is 4.96 Å². The van der Waals surface area contributed by atoms with Gasteiger partial charge in [0.1, 0.15) is 0 Å². The van der Waals surface area contributed by atoms with Gasteiger partial charge in [-0.15, -0.1) is 11.3 Å². The van der Waals surface area contributed by atoms with Crippen molar-refractivity contribution in [2.75, 3.05) is 5.32 Å². The van der Waals surface area contributed by atoms with Crippen molar-refractivity contribution < 1.29 is 9.72 Å². The van der Waals surface area contributed by atoms with Gasteiger partial charge in [-0.3, -0.25) is 19.3 Å². The number of anilines is 1. The van der Waals surface area contributed by atoms with Gasteiger partial charge in [0.25, 0.3) is 11.6 Å². The fourth-order valence-electron chi connectivity index (χ4n) is 2.75.